The van der Waals surface area contributed by atoms with Crippen LogP contribution in [0.3, 0.4) is 0 Å². The van der Waals surface area contributed by atoms with Gasteiger partial charge in [0.05, 0.1) is 35.4 Å². The molecule has 2 aliphatic heterocycles. The molecule has 0 aromatic heterocycles. The number of carbonyl (C=O) groups excluding carboxylic acids is 2. The summed E-state index contributed by atoms with van der Waals surface area (Å²) in [5.41, 5.74) is 0.552. The van der Waals surface area contributed by atoms with Crippen molar-refractivity contribution in [1.82, 2.24) is 9.80 Å². The SMILES string of the molecule is COC1CCC2CCN(C)C(=O)C(C)C(OC)CN(C)C(=O)c3cccc(C#N)c3OCC1O2. The van der Waals surface area contributed by atoms with E-state index in [9.17, 15) is 14.9 Å². The van der Waals surface area contributed by atoms with Crippen molar-refractivity contribution >= 4 is 11.8 Å². The fourth-order valence-electron chi connectivity index (χ4n) is 4.63. The van der Waals surface area contributed by atoms with Gasteiger partial charge >= 0.3 is 0 Å². The Bertz CT molecular complexity index is 916. The number of nitrogens with zero attached hydrogens (tertiary/aromatic N) is 3. The molecule has 186 valence electrons. The third-order valence-corrected chi connectivity index (χ3v) is 6.83. The Morgan fingerprint density at radius 2 is 1.79 bits per heavy atom. The molecule has 0 spiro atoms. The molecule has 1 fully saturated rings. The van der Waals surface area contributed by atoms with E-state index in [4.69, 9.17) is 18.9 Å². The molecule has 5 atom stereocenters. The van der Waals surface area contributed by atoms with Gasteiger partial charge in [0.15, 0.2) is 0 Å². The van der Waals surface area contributed by atoms with Gasteiger partial charge in [-0.1, -0.05) is 13.0 Å². The molecule has 2 heterocycles. The summed E-state index contributed by atoms with van der Waals surface area (Å²) in [6.45, 7) is 2.72. The molecule has 3 rings (SSSR count). The van der Waals surface area contributed by atoms with E-state index in [0.29, 0.717) is 13.0 Å². The highest BCUT2D eigenvalue weighted by atomic mass is 16.6. The summed E-state index contributed by atoms with van der Waals surface area (Å²) in [4.78, 5) is 29.7. The van der Waals surface area contributed by atoms with Crippen molar-refractivity contribution in [3.05, 3.63) is 29.3 Å². The molecule has 2 aliphatic rings. The first-order valence-electron chi connectivity index (χ1n) is 11.7. The minimum atomic E-state index is -0.488. The average molecular weight is 474 g/mol. The van der Waals surface area contributed by atoms with Crippen LogP contribution in [-0.2, 0) is 19.0 Å². The average Bonchev–Trinajstić information content (AvgIpc) is 2.86. The standard InChI is InChI=1S/C25H35N3O6/c1-16-21(32-5)14-28(3)25(30)19-8-6-7-17(13-26)23(19)33-15-22-20(31-4)10-9-18(34-22)11-12-27(2)24(16)29/h6-8,16,18,20-22H,9-12,14-15H2,1-5H3. The number of rotatable bonds is 2. The van der Waals surface area contributed by atoms with Crippen LogP contribution in [-0.4, -0.2) is 94.0 Å². The number of fused-ring (bicyclic) bond motifs is 3. The predicted octanol–water partition coefficient (Wildman–Crippen LogP) is 2.08. The quantitative estimate of drug-likeness (QED) is 0.648. The van der Waals surface area contributed by atoms with Crippen LogP contribution in [0.1, 0.15) is 42.1 Å². The van der Waals surface area contributed by atoms with Gasteiger partial charge in [0.25, 0.3) is 5.91 Å². The molecule has 0 aliphatic carbocycles. The summed E-state index contributed by atoms with van der Waals surface area (Å²) in [7, 11) is 6.61. The number of hydrogen-bond acceptors (Lipinski definition) is 7. The van der Waals surface area contributed by atoms with Crippen LogP contribution in [0.25, 0.3) is 0 Å². The molecular formula is C25H35N3O6. The largest absolute Gasteiger partial charge is 0.489 e. The smallest absolute Gasteiger partial charge is 0.257 e. The lowest BCUT2D eigenvalue weighted by molar-refractivity contribution is -0.147. The van der Waals surface area contributed by atoms with E-state index >= 15 is 0 Å². The maximum Gasteiger partial charge on any atom is 0.257 e. The molecule has 0 saturated carbocycles. The highest BCUT2D eigenvalue weighted by Gasteiger charge is 2.34. The number of methoxy groups -OCH3 is 2. The van der Waals surface area contributed by atoms with E-state index in [0.717, 1.165) is 12.8 Å². The Kier molecular flexibility index (Phi) is 8.89. The first-order valence-corrected chi connectivity index (χ1v) is 11.7. The molecular weight excluding hydrogens is 438 g/mol. The molecule has 2 bridgehead atoms. The van der Waals surface area contributed by atoms with Crippen molar-refractivity contribution < 1.29 is 28.5 Å². The third-order valence-electron chi connectivity index (χ3n) is 6.83. The van der Waals surface area contributed by atoms with Crippen molar-refractivity contribution in [2.45, 2.75) is 50.6 Å². The van der Waals surface area contributed by atoms with Gasteiger partial charge in [0, 0.05) is 41.4 Å². The molecule has 5 unspecified atom stereocenters. The topological polar surface area (TPSA) is 101 Å². The second kappa shape index (κ2) is 11.6. The number of amides is 2. The Hall–Kier alpha value is -2.67. The fraction of sp³-hybridized carbons (Fsp3) is 0.640. The first-order chi connectivity index (χ1) is 16.3. The lowest BCUT2D eigenvalue weighted by Gasteiger charge is -2.37. The van der Waals surface area contributed by atoms with Crippen LogP contribution in [0, 0.1) is 17.2 Å². The minimum Gasteiger partial charge on any atom is -0.489 e. The summed E-state index contributed by atoms with van der Waals surface area (Å²) in [5, 5.41) is 9.66. The van der Waals surface area contributed by atoms with Gasteiger partial charge in [0.2, 0.25) is 5.91 Å². The first kappa shape index (κ1) is 25.9. The van der Waals surface area contributed by atoms with Crippen LogP contribution >= 0.6 is 0 Å². The van der Waals surface area contributed by atoms with Gasteiger partial charge in [-0.25, -0.2) is 0 Å². The number of ether oxygens (including phenoxy) is 4. The van der Waals surface area contributed by atoms with Crippen LogP contribution in [0.4, 0.5) is 0 Å². The van der Waals surface area contributed by atoms with Gasteiger partial charge in [-0.2, -0.15) is 5.26 Å². The fourth-order valence-corrected chi connectivity index (χ4v) is 4.63. The van der Waals surface area contributed by atoms with Gasteiger partial charge < -0.3 is 28.7 Å². The Labute approximate surface area is 201 Å². The second-order valence-electron chi connectivity index (χ2n) is 9.05. The van der Waals surface area contributed by atoms with E-state index in [1.165, 1.54) is 12.0 Å². The normalized spacial score (nSPS) is 29.2. The van der Waals surface area contributed by atoms with Crippen molar-refractivity contribution in [2.24, 2.45) is 5.92 Å². The summed E-state index contributed by atoms with van der Waals surface area (Å²) < 4.78 is 23.6. The summed E-state index contributed by atoms with van der Waals surface area (Å²) in [6, 6.07) is 7.04. The van der Waals surface area contributed by atoms with E-state index < -0.39 is 12.0 Å². The van der Waals surface area contributed by atoms with Crippen LogP contribution < -0.4 is 4.74 Å². The van der Waals surface area contributed by atoms with E-state index in [2.05, 4.69) is 6.07 Å². The van der Waals surface area contributed by atoms with E-state index in [1.54, 1.807) is 44.3 Å². The summed E-state index contributed by atoms with van der Waals surface area (Å²) in [6.07, 6.45) is 1.25. The van der Waals surface area contributed by atoms with Crippen molar-refractivity contribution in [1.29, 1.82) is 5.26 Å². The number of para-hydroxylation sites is 1. The van der Waals surface area contributed by atoms with Gasteiger partial charge in [-0.15, -0.1) is 0 Å². The molecule has 1 saturated heterocycles. The Balaban J connectivity index is 1.98. The van der Waals surface area contributed by atoms with Gasteiger partial charge in [-0.05, 0) is 31.4 Å². The molecule has 0 N–H and O–H groups in total. The molecule has 1 aromatic carbocycles. The molecule has 34 heavy (non-hydrogen) atoms. The minimum absolute atomic E-state index is 0.0441. The Morgan fingerprint density at radius 1 is 1.06 bits per heavy atom. The third kappa shape index (κ3) is 5.69. The van der Waals surface area contributed by atoms with Crippen LogP contribution in [0.15, 0.2) is 18.2 Å². The maximum absolute atomic E-state index is 13.4. The lowest BCUT2D eigenvalue weighted by Crippen LogP contribution is -2.47. The molecule has 9 nitrogen and oxygen atoms in total. The van der Waals surface area contributed by atoms with E-state index in [1.807, 2.05) is 6.92 Å². The van der Waals surface area contributed by atoms with Crippen LogP contribution in [0.5, 0.6) is 5.75 Å². The number of carbonyl (C=O) groups is 2. The van der Waals surface area contributed by atoms with Crippen molar-refractivity contribution in [2.75, 3.05) is 48.0 Å². The van der Waals surface area contributed by atoms with Crippen molar-refractivity contribution in [3.8, 4) is 11.8 Å². The second-order valence-corrected chi connectivity index (χ2v) is 9.05. The molecule has 0 radical (unpaired) electrons. The lowest BCUT2D eigenvalue weighted by atomic mass is 9.98. The molecule has 9 heteroatoms. The zero-order valence-corrected chi connectivity index (χ0v) is 20.7. The summed E-state index contributed by atoms with van der Waals surface area (Å²) in [5.74, 6) is -0.582. The van der Waals surface area contributed by atoms with Crippen LogP contribution in [0.2, 0.25) is 0 Å². The van der Waals surface area contributed by atoms with Gasteiger partial charge in [-0.3, -0.25) is 9.59 Å². The summed E-state index contributed by atoms with van der Waals surface area (Å²) >= 11 is 0. The predicted molar refractivity (Wildman–Crippen MR) is 125 cm³/mol. The molecule has 2 amide bonds. The van der Waals surface area contributed by atoms with E-state index in [-0.39, 0.29) is 60.2 Å². The maximum atomic E-state index is 13.4. The number of benzene rings is 1. The monoisotopic (exact) mass is 473 g/mol. The van der Waals surface area contributed by atoms with Crippen molar-refractivity contribution in [3.63, 3.8) is 0 Å². The highest BCUT2D eigenvalue weighted by molar-refractivity contribution is 5.97. The number of nitriles is 1. The number of likely N-dealkylation sites (N-methyl/N-ethyl adjacent to an activating group) is 1. The zero-order chi connectivity index (χ0) is 24.8. The highest BCUT2D eigenvalue weighted by Crippen LogP contribution is 2.29. The Morgan fingerprint density at radius 3 is 2.47 bits per heavy atom. The number of hydrogen-bond donors (Lipinski definition) is 0. The van der Waals surface area contributed by atoms with Gasteiger partial charge in [0.1, 0.15) is 24.5 Å². The molecule has 1 aromatic rings. The zero-order valence-electron chi connectivity index (χ0n) is 20.7.